The highest BCUT2D eigenvalue weighted by Gasteiger charge is 2.06. The van der Waals surface area contributed by atoms with Crippen LogP contribution in [0.5, 0.6) is 0 Å². The average molecular weight is 467 g/mol. The number of halogens is 2. The van der Waals surface area contributed by atoms with Crippen LogP contribution in [-0.4, -0.2) is 31.0 Å². The molecule has 1 aromatic rings. The molecule has 7 heteroatoms. The number of carbonyl (C=O) groups is 1. The van der Waals surface area contributed by atoms with Gasteiger partial charge in [0.2, 0.25) is 5.91 Å². The van der Waals surface area contributed by atoms with Gasteiger partial charge < -0.3 is 16.0 Å². The summed E-state index contributed by atoms with van der Waals surface area (Å²) in [4.78, 5) is 16.2. The molecule has 0 aliphatic heterocycles. The molecule has 0 aliphatic carbocycles. The van der Waals surface area contributed by atoms with Gasteiger partial charge in [0.15, 0.2) is 5.96 Å². The van der Waals surface area contributed by atoms with Crippen LogP contribution in [-0.2, 0) is 11.3 Å². The fourth-order valence-corrected chi connectivity index (χ4v) is 2.07. The Hall–Kier alpha value is -1.02. The summed E-state index contributed by atoms with van der Waals surface area (Å²) in [7, 11) is 0. The molecule has 1 unspecified atom stereocenters. The summed E-state index contributed by atoms with van der Waals surface area (Å²) in [5.41, 5.74) is 0.973. The van der Waals surface area contributed by atoms with Crippen molar-refractivity contribution < 1.29 is 4.79 Å². The summed E-state index contributed by atoms with van der Waals surface area (Å²) in [6.07, 6.45) is 1.35. The molecule has 3 N–H and O–H groups in total. The summed E-state index contributed by atoms with van der Waals surface area (Å²) in [5, 5.41) is 9.98. The normalized spacial score (nSPS) is 12.1. The summed E-state index contributed by atoms with van der Waals surface area (Å²) >= 11 is 6.13. The zero-order valence-electron chi connectivity index (χ0n) is 14.6. The highest BCUT2D eigenvalue weighted by molar-refractivity contribution is 14.0. The Labute approximate surface area is 167 Å². The number of aliphatic imine (C=N–C) groups is 1. The van der Waals surface area contributed by atoms with Gasteiger partial charge in [-0.15, -0.1) is 24.0 Å². The van der Waals surface area contributed by atoms with E-state index in [2.05, 4.69) is 20.9 Å². The van der Waals surface area contributed by atoms with Crippen LogP contribution in [0.2, 0.25) is 5.02 Å². The Morgan fingerprint density at radius 3 is 2.58 bits per heavy atom. The third-order valence-electron chi connectivity index (χ3n) is 3.37. The molecule has 0 radical (unpaired) electrons. The lowest BCUT2D eigenvalue weighted by molar-refractivity contribution is -0.121. The van der Waals surface area contributed by atoms with Crippen LogP contribution in [0.4, 0.5) is 0 Å². The molecule has 1 rings (SSSR count). The van der Waals surface area contributed by atoms with E-state index in [-0.39, 0.29) is 35.9 Å². The summed E-state index contributed by atoms with van der Waals surface area (Å²) < 4.78 is 0. The molecule has 0 aromatic heterocycles. The van der Waals surface area contributed by atoms with Crippen molar-refractivity contribution in [1.82, 2.24) is 16.0 Å². The molecule has 1 aromatic carbocycles. The van der Waals surface area contributed by atoms with E-state index in [1.807, 2.05) is 45.0 Å². The lowest BCUT2D eigenvalue weighted by Gasteiger charge is -2.13. The van der Waals surface area contributed by atoms with Crippen LogP contribution >= 0.6 is 35.6 Å². The van der Waals surface area contributed by atoms with E-state index in [0.717, 1.165) is 18.5 Å². The molecule has 5 nitrogen and oxygen atoms in total. The van der Waals surface area contributed by atoms with E-state index in [1.54, 1.807) is 0 Å². The number of nitrogens with one attached hydrogen (secondary N) is 3. The Morgan fingerprint density at radius 2 is 1.96 bits per heavy atom. The SMILES string of the molecule is CCNC(=NCc1ccccc1Cl)NCCC(=O)NC(C)CC.I. The van der Waals surface area contributed by atoms with E-state index in [0.29, 0.717) is 30.5 Å². The van der Waals surface area contributed by atoms with Gasteiger partial charge in [-0.1, -0.05) is 36.7 Å². The van der Waals surface area contributed by atoms with Crippen molar-refractivity contribution in [2.24, 2.45) is 4.99 Å². The fourth-order valence-electron chi connectivity index (χ4n) is 1.88. The number of hydrogen-bond acceptors (Lipinski definition) is 2. The fraction of sp³-hybridized carbons (Fsp3) is 0.529. The van der Waals surface area contributed by atoms with Crippen molar-refractivity contribution in [1.29, 1.82) is 0 Å². The van der Waals surface area contributed by atoms with Gasteiger partial charge in [-0.3, -0.25) is 4.79 Å². The van der Waals surface area contributed by atoms with Crippen molar-refractivity contribution in [2.45, 2.75) is 46.2 Å². The average Bonchev–Trinajstić information content (AvgIpc) is 2.53. The lowest BCUT2D eigenvalue weighted by Crippen LogP contribution is -2.40. The molecule has 136 valence electrons. The number of carbonyl (C=O) groups excluding carboxylic acids is 1. The second-order valence-corrected chi connectivity index (χ2v) is 5.75. The molecule has 0 spiro atoms. The van der Waals surface area contributed by atoms with Crippen LogP contribution in [0.25, 0.3) is 0 Å². The zero-order chi connectivity index (χ0) is 17.1. The molecule has 0 saturated carbocycles. The maximum absolute atomic E-state index is 11.7. The van der Waals surface area contributed by atoms with Gasteiger partial charge in [0, 0.05) is 30.6 Å². The molecular formula is C17H28ClIN4O. The second-order valence-electron chi connectivity index (χ2n) is 5.34. The minimum atomic E-state index is 0. The lowest BCUT2D eigenvalue weighted by atomic mass is 10.2. The minimum absolute atomic E-state index is 0. The maximum atomic E-state index is 11.7. The van der Waals surface area contributed by atoms with Crippen LogP contribution < -0.4 is 16.0 Å². The van der Waals surface area contributed by atoms with Crippen molar-refractivity contribution in [2.75, 3.05) is 13.1 Å². The standard InChI is InChI=1S/C17H27ClN4O.HI/c1-4-13(3)22-16(23)10-11-20-17(19-5-2)21-12-14-8-6-7-9-15(14)18;/h6-9,13H,4-5,10-12H2,1-3H3,(H,22,23)(H2,19,20,21);1H. The Morgan fingerprint density at radius 1 is 1.25 bits per heavy atom. The van der Waals surface area contributed by atoms with E-state index in [1.165, 1.54) is 0 Å². The number of guanidine groups is 1. The first kappa shape index (κ1) is 23.0. The van der Waals surface area contributed by atoms with Gasteiger partial charge in [0.25, 0.3) is 0 Å². The predicted octanol–water partition coefficient (Wildman–Crippen LogP) is 3.32. The third kappa shape index (κ3) is 9.32. The van der Waals surface area contributed by atoms with Crippen LogP contribution in [0, 0.1) is 0 Å². The Bertz CT molecular complexity index is 525. The number of benzene rings is 1. The predicted molar refractivity (Wildman–Crippen MR) is 112 cm³/mol. The molecule has 1 atom stereocenters. The van der Waals surface area contributed by atoms with Crippen molar-refractivity contribution in [3.8, 4) is 0 Å². The Kier molecular flexibility index (Phi) is 12.7. The van der Waals surface area contributed by atoms with Crippen molar-refractivity contribution >= 4 is 47.4 Å². The topological polar surface area (TPSA) is 65.5 Å². The molecule has 0 heterocycles. The Balaban J connectivity index is 0.00000529. The molecular weight excluding hydrogens is 439 g/mol. The first-order valence-corrected chi connectivity index (χ1v) is 8.49. The summed E-state index contributed by atoms with van der Waals surface area (Å²) in [6, 6.07) is 7.86. The molecule has 0 aliphatic rings. The summed E-state index contributed by atoms with van der Waals surface area (Å²) in [5.74, 6) is 0.734. The summed E-state index contributed by atoms with van der Waals surface area (Å²) in [6.45, 7) is 7.84. The van der Waals surface area contributed by atoms with Gasteiger partial charge >= 0.3 is 0 Å². The maximum Gasteiger partial charge on any atom is 0.221 e. The van der Waals surface area contributed by atoms with Gasteiger partial charge in [-0.05, 0) is 31.9 Å². The van der Waals surface area contributed by atoms with Gasteiger partial charge in [-0.2, -0.15) is 0 Å². The number of rotatable bonds is 8. The first-order chi connectivity index (χ1) is 11.1. The molecule has 0 saturated heterocycles. The molecule has 1 amide bonds. The highest BCUT2D eigenvalue weighted by Crippen LogP contribution is 2.15. The molecule has 0 bridgehead atoms. The van der Waals surface area contributed by atoms with Crippen LogP contribution in [0.3, 0.4) is 0 Å². The monoisotopic (exact) mass is 466 g/mol. The molecule has 0 fully saturated rings. The molecule has 24 heavy (non-hydrogen) atoms. The quantitative estimate of drug-likeness (QED) is 0.313. The van der Waals surface area contributed by atoms with Gasteiger partial charge in [0.05, 0.1) is 6.54 Å². The number of nitrogens with zero attached hydrogens (tertiary/aromatic N) is 1. The first-order valence-electron chi connectivity index (χ1n) is 8.11. The highest BCUT2D eigenvalue weighted by atomic mass is 127. The minimum Gasteiger partial charge on any atom is -0.357 e. The zero-order valence-corrected chi connectivity index (χ0v) is 17.7. The van der Waals surface area contributed by atoms with E-state index >= 15 is 0 Å². The largest absolute Gasteiger partial charge is 0.357 e. The van der Waals surface area contributed by atoms with E-state index in [9.17, 15) is 4.79 Å². The number of hydrogen-bond donors (Lipinski definition) is 3. The van der Waals surface area contributed by atoms with E-state index < -0.39 is 0 Å². The van der Waals surface area contributed by atoms with Gasteiger partial charge in [0.1, 0.15) is 0 Å². The smallest absolute Gasteiger partial charge is 0.221 e. The third-order valence-corrected chi connectivity index (χ3v) is 3.74. The van der Waals surface area contributed by atoms with Gasteiger partial charge in [-0.25, -0.2) is 4.99 Å². The van der Waals surface area contributed by atoms with Crippen molar-refractivity contribution in [3.63, 3.8) is 0 Å². The van der Waals surface area contributed by atoms with Crippen LogP contribution in [0.1, 0.15) is 39.2 Å². The van der Waals surface area contributed by atoms with Crippen LogP contribution in [0.15, 0.2) is 29.3 Å². The van der Waals surface area contributed by atoms with E-state index in [4.69, 9.17) is 11.6 Å². The second kappa shape index (κ2) is 13.3. The number of amides is 1. The van der Waals surface area contributed by atoms with Crippen molar-refractivity contribution in [3.05, 3.63) is 34.9 Å².